The predicted octanol–water partition coefficient (Wildman–Crippen LogP) is 4.37. The molecule has 0 saturated carbocycles. The molecule has 0 aliphatic heterocycles. The fourth-order valence-corrected chi connectivity index (χ4v) is 4.15. The Balaban J connectivity index is 1.76. The van der Waals surface area contributed by atoms with Gasteiger partial charge in [-0.05, 0) is 19.1 Å². The summed E-state index contributed by atoms with van der Waals surface area (Å²) in [5.74, 6) is -1.02. The fourth-order valence-electron chi connectivity index (χ4n) is 4.15. The maximum atomic E-state index is 14.1. The Morgan fingerprint density at radius 2 is 1.91 bits per heavy atom. The number of benzene rings is 2. The van der Waals surface area contributed by atoms with Crippen LogP contribution in [0, 0.1) is 6.92 Å². The number of carboxylic acids is 1. The molecule has 0 atom stereocenters. The van der Waals surface area contributed by atoms with Gasteiger partial charge < -0.3 is 14.7 Å². The van der Waals surface area contributed by atoms with Crippen LogP contribution in [0.4, 0.5) is 13.2 Å². The van der Waals surface area contributed by atoms with Crippen molar-refractivity contribution in [3.63, 3.8) is 0 Å². The highest BCUT2D eigenvalue weighted by molar-refractivity contribution is 5.82. The molecule has 2 N–H and O–H groups in total. The van der Waals surface area contributed by atoms with Crippen LogP contribution in [0.2, 0.25) is 0 Å². The second-order valence-electron chi connectivity index (χ2n) is 8.07. The normalized spacial score (nSPS) is 12.0. The van der Waals surface area contributed by atoms with E-state index in [1.54, 1.807) is 19.1 Å². The molecule has 11 heteroatoms. The molecule has 0 aliphatic carbocycles. The number of imidazole rings is 2. The predicted molar refractivity (Wildman–Crippen MR) is 122 cm³/mol. The van der Waals surface area contributed by atoms with Gasteiger partial charge in [0.25, 0.3) is 5.56 Å². The van der Waals surface area contributed by atoms with E-state index < -0.39 is 23.3 Å². The summed E-state index contributed by atoms with van der Waals surface area (Å²) in [6, 6.07) is 11.3. The number of fused-ring (bicyclic) bond motifs is 3. The van der Waals surface area contributed by atoms with Crippen molar-refractivity contribution >= 4 is 22.6 Å². The highest BCUT2D eigenvalue weighted by atomic mass is 19.4. The minimum Gasteiger partial charge on any atom is -0.481 e. The van der Waals surface area contributed by atoms with Crippen LogP contribution < -0.4 is 5.56 Å². The summed E-state index contributed by atoms with van der Waals surface area (Å²) in [6.07, 6.45) is -2.00. The van der Waals surface area contributed by atoms with Gasteiger partial charge in [0.15, 0.2) is 0 Å². The average Bonchev–Trinajstić information content (AvgIpc) is 3.43. The molecular formula is C24H18F3N5O3. The number of nitrogens with one attached hydrogen (secondary N) is 1. The molecule has 178 valence electrons. The number of hydrogen-bond donors (Lipinski definition) is 2. The first kappa shape index (κ1) is 22.4. The van der Waals surface area contributed by atoms with Crippen molar-refractivity contribution in [2.24, 2.45) is 0 Å². The third kappa shape index (κ3) is 3.94. The molecule has 35 heavy (non-hydrogen) atoms. The minimum atomic E-state index is -4.71. The molecule has 0 saturated heterocycles. The molecular weight excluding hydrogens is 463 g/mol. The van der Waals surface area contributed by atoms with E-state index in [4.69, 9.17) is 5.11 Å². The van der Waals surface area contributed by atoms with E-state index in [2.05, 4.69) is 15.0 Å². The topological polar surface area (TPSA) is 105 Å². The lowest BCUT2D eigenvalue weighted by Gasteiger charge is -2.15. The van der Waals surface area contributed by atoms with E-state index >= 15 is 0 Å². The smallest absolute Gasteiger partial charge is 0.418 e. The Bertz CT molecular complexity index is 1650. The molecule has 5 rings (SSSR count). The largest absolute Gasteiger partial charge is 0.481 e. The number of aromatic nitrogens is 5. The zero-order valence-electron chi connectivity index (χ0n) is 18.3. The van der Waals surface area contributed by atoms with Crippen LogP contribution in [0.1, 0.15) is 23.4 Å². The summed E-state index contributed by atoms with van der Waals surface area (Å²) in [7, 11) is 0. The van der Waals surface area contributed by atoms with Crippen LogP contribution in [-0.4, -0.2) is 35.0 Å². The minimum absolute atomic E-state index is 0.0169. The van der Waals surface area contributed by atoms with Crippen molar-refractivity contribution in [2.75, 3.05) is 0 Å². The van der Waals surface area contributed by atoms with E-state index in [0.717, 1.165) is 11.6 Å². The number of H-pyrrole nitrogens is 1. The molecule has 0 bridgehead atoms. The zero-order valence-corrected chi connectivity index (χ0v) is 18.3. The van der Waals surface area contributed by atoms with Crippen LogP contribution in [-0.2, 0) is 17.4 Å². The Kier molecular flexibility index (Phi) is 5.19. The Morgan fingerprint density at radius 1 is 1.17 bits per heavy atom. The number of aliphatic carboxylic acids is 1. The first-order valence-corrected chi connectivity index (χ1v) is 10.6. The highest BCUT2D eigenvalue weighted by Crippen LogP contribution is 2.37. The van der Waals surface area contributed by atoms with Crippen molar-refractivity contribution in [1.29, 1.82) is 0 Å². The van der Waals surface area contributed by atoms with Gasteiger partial charge in [0.2, 0.25) is 5.65 Å². The van der Waals surface area contributed by atoms with Gasteiger partial charge in [-0.15, -0.1) is 0 Å². The summed E-state index contributed by atoms with van der Waals surface area (Å²) in [6.45, 7) is 1.65. The lowest BCUT2D eigenvalue weighted by atomic mass is 10.1. The molecule has 0 aliphatic rings. The molecule has 0 amide bonds. The number of alkyl halides is 3. The van der Waals surface area contributed by atoms with E-state index in [1.807, 2.05) is 18.2 Å². The van der Waals surface area contributed by atoms with Gasteiger partial charge in [-0.2, -0.15) is 13.2 Å². The summed E-state index contributed by atoms with van der Waals surface area (Å²) in [5, 5.41) is 9.00. The second kappa shape index (κ2) is 8.12. The highest BCUT2D eigenvalue weighted by Gasteiger charge is 2.35. The summed E-state index contributed by atoms with van der Waals surface area (Å²) >= 11 is 0. The summed E-state index contributed by atoms with van der Waals surface area (Å²) in [5.41, 5.74) is 0.597. The Morgan fingerprint density at radius 3 is 2.60 bits per heavy atom. The van der Waals surface area contributed by atoms with E-state index in [-0.39, 0.29) is 29.7 Å². The Hall–Kier alpha value is -4.41. The number of carbonyl (C=O) groups is 1. The Labute approximate surface area is 195 Å². The average molecular weight is 481 g/mol. The summed E-state index contributed by atoms with van der Waals surface area (Å²) < 4.78 is 44.9. The third-order valence-electron chi connectivity index (χ3n) is 5.82. The first-order valence-electron chi connectivity index (χ1n) is 10.6. The van der Waals surface area contributed by atoms with E-state index in [9.17, 15) is 22.8 Å². The van der Waals surface area contributed by atoms with E-state index in [1.165, 1.54) is 27.6 Å². The van der Waals surface area contributed by atoms with Gasteiger partial charge in [0, 0.05) is 23.9 Å². The number of halogens is 3. The van der Waals surface area contributed by atoms with Gasteiger partial charge in [-0.3, -0.25) is 14.0 Å². The van der Waals surface area contributed by atoms with Crippen molar-refractivity contribution in [3.8, 4) is 16.9 Å². The quantitative estimate of drug-likeness (QED) is 0.388. The molecule has 0 fully saturated rings. The number of carboxylic acid groups (broad SMARTS) is 1. The lowest BCUT2D eigenvalue weighted by Crippen LogP contribution is -2.15. The lowest BCUT2D eigenvalue weighted by molar-refractivity contribution is -0.138. The molecule has 2 aromatic carbocycles. The van der Waals surface area contributed by atoms with Crippen molar-refractivity contribution in [2.45, 2.75) is 25.9 Å². The van der Waals surface area contributed by atoms with Gasteiger partial charge in [-0.1, -0.05) is 30.3 Å². The number of aryl methyl sites for hydroxylation is 2. The van der Waals surface area contributed by atoms with Crippen molar-refractivity contribution in [3.05, 3.63) is 82.3 Å². The molecule has 3 heterocycles. The monoisotopic (exact) mass is 481 g/mol. The molecule has 0 radical (unpaired) electrons. The standard InChI is InChI=1S/C24H18F3N5O3/c1-13-16(7-8-21(33)34)29-22-23(35)30-17-9-15(24(25,26)27)19(10-20(17)32(13)22)31-11-18(28-12-31)14-5-3-2-4-6-14/h2-6,9-12H,7-8H2,1H3,(H,30,35)(H,33,34). The number of nitrogens with zero attached hydrogens (tertiary/aromatic N) is 4. The van der Waals surface area contributed by atoms with Crippen LogP contribution in [0.15, 0.2) is 59.8 Å². The van der Waals surface area contributed by atoms with Crippen LogP contribution in [0.25, 0.3) is 33.6 Å². The SMILES string of the molecule is Cc1c(CCC(=O)O)nc2c(=O)[nH]c3cc(C(F)(F)F)c(-n4cnc(-c5ccccc5)c4)cc3n12. The van der Waals surface area contributed by atoms with Crippen LogP contribution in [0.3, 0.4) is 0 Å². The third-order valence-corrected chi connectivity index (χ3v) is 5.82. The molecule has 5 aromatic rings. The number of hydrogen-bond acceptors (Lipinski definition) is 4. The van der Waals surface area contributed by atoms with Gasteiger partial charge in [0.05, 0.1) is 46.4 Å². The second-order valence-corrected chi connectivity index (χ2v) is 8.07. The van der Waals surface area contributed by atoms with Gasteiger partial charge >= 0.3 is 12.1 Å². The van der Waals surface area contributed by atoms with Crippen molar-refractivity contribution < 1.29 is 23.1 Å². The van der Waals surface area contributed by atoms with Gasteiger partial charge in [0.1, 0.15) is 0 Å². The van der Waals surface area contributed by atoms with Crippen LogP contribution in [0.5, 0.6) is 0 Å². The number of aromatic amines is 1. The fraction of sp³-hybridized carbons (Fsp3) is 0.167. The van der Waals surface area contributed by atoms with Crippen molar-refractivity contribution in [1.82, 2.24) is 23.9 Å². The number of rotatable bonds is 5. The summed E-state index contributed by atoms with van der Waals surface area (Å²) in [4.78, 5) is 34.6. The maximum absolute atomic E-state index is 14.1. The maximum Gasteiger partial charge on any atom is 0.418 e. The van der Waals surface area contributed by atoms with E-state index in [0.29, 0.717) is 22.6 Å². The van der Waals surface area contributed by atoms with Gasteiger partial charge in [-0.25, -0.2) is 9.97 Å². The molecule has 3 aromatic heterocycles. The molecule has 0 spiro atoms. The molecule has 0 unspecified atom stereocenters. The molecule has 8 nitrogen and oxygen atoms in total. The van der Waals surface area contributed by atoms with Crippen LogP contribution >= 0.6 is 0 Å². The first-order chi connectivity index (χ1) is 16.6. The zero-order chi connectivity index (χ0) is 24.9.